The molecule has 112 valence electrons. The second-order valence-corrected chi connectivity index (χ2v) is 4.97. The van der Waals surface area contributed by atoms with Crippen LogP contribution in [0, 0.1) is 0 Å². The zero-order valence-corrected chi connectivity index (χ0v) is 12.0. The lowest BCUT2D eigenvalue weighted by Gasteiger charge is -2.33. The van der Waals surface area contributed by atoms with Crippen LogP contribution >= 0.6 is 0 Å². The van der Waals surface area contributed by atoms with E-state index in [9.17, 15) is 4.79 Å². The molecule has 20 heavy (non-hydrogen) atoms. The normalized spacial score (nSPS) is 16.6. The summed E-state index contributed by atoms with van der Waals surface area (Å²) >= 11 is 0. The summed E-state index contributed by atoms with van der Waals surface area (Å²) in [6.07, 6.45) is 1.76. The number of aromatic nitrogens is 2. The lowest BCUT2D eigenvalue weighted by atomic mass is 10.3. The molecule has 0 aromatic carbocycles. The summed E-state index contributed by atoms with van der Waals surface area (Å²) in [6, 6.07) is 1.65. The first-order chi connectivity index (χ1) is 9.70. The molecule has 2 N–H and O–H groups in total. The minimum Gasteiger partial charge on any atom is -0.378 e. The quantitative estimate of drug-likeness (QED) is 0.672. The van der Waals surface area contributed by atoms with Crippen molar-refractivity contribution in [3.05, 3.63) is 22.6 Å². The predicted molar refractivity (Wildman–Crippen MR) is 78.1 cm³/mol. The zero-order chi connectivity index (χ0) is 14.4. The fraction of sp³-hybridized carbons (Fsp3) is 0.692. The molecule has 1 fully saturated rings. The first-order valence-electron chi connectivity index (χ1n) is 6.99. The SMILES string of the molecule is CN1CCN(c2cnn(CCOCCN)c(=O)c2)CC1. The maximum absolute atomic E-state index is 12.0. The molecule has 0 amide bonds. The monoisotopic (exact) mass is 281 g/mol. The smallest absolute Gasteiger partial charge is 0.268 e. The van der Waals surface area contributed by atoms with Crippen LogP contribution in [0.15, 0.2) is 17.1 Å². The first kappa shape index (κ1) is 15.0. The third kappa shape index (κ3) is 4.03. The lowest BCUT2D eigenvalue weighted by Crippen LogP contribution is -2.45. The molecule has 1 aromatic heterocycles. The molecule has 0 aliphatic carbocycles. The van der Waals surface area contributed by atoms with Crippen LogP contribution in [-0.2, 0) is 11.3 Å². The average Bonchev–Trinajstić information content (AvgIpc) is 2.46. The van der Waals surface area contributed by atoms with E-state index >= 15 is 0 Å². The molecule has 1 saturated heterocycles. The van der Waals surface area contributed by atoms with Gasteiger partial charge < -0.3 is 20.3 Å². The number of ether oxygens (including phenoxy) is 1. The molecule has 2 rings (SSSR count). The second kappa shape index (κ2) is 7.37. The molecule has 7 heteroatoms. The number of likely N-dealkylation sites (N-methyl/N-ethyl adjacent to an activating group) is 1. The van der Waals surface area contributed by atoms with Gasteiger partial charge in [0.2, 0.25) is 0 Å². The van der Waals surface area contributed by atoms with Crippen molar-refractivity contribution in [1.82, 2.24) is 14.7 Å². The van der Waals surface area contributed by atoms with Gasteiger partial charge in [-0.25, -0.2) is 4.68 Å². The zero-order valence-electron chi connectivity index (χ0n) is 12.0. The predicted octanol–water partition coefficient (Wildman–Crippen LogP) is -1.03. The number of hydrogen-bond acceptors (Lipinski definition) is 6. The standard InChI is InChI=1S/C13H23N5O2/c1-16-3-5-17(6-4-16)12-10-13(19)18(15-11-12)7-9-20-8-2-14/h10-11H,2-9,14H2,1H3. The van der Waals surface area contributed by atoms with Crippen molar-refractivity contribution in [1.29, 1.82) is 0 Å². The Hall–Kier alpha value is -1.44. The molecule has 7 nitrogen and oxygen atoms in total. The summed E-state index contributed by atoms with van der Waals surface area (Å²) in [5.41, 5.74) is 6.15. The molecule has 0 unspecified atom stereocenters. The summed E-state index contributed by atoms with van der Waals surface area (Å²) in [5, 5.41) is 4.21. The van der Waals surface area contributed by atoms with Crippen LogP contribution in [0.4, 0.5) is 5.69 Å². The van der Waals surface area contributed by atoms with E-state index in [0.717, 1.165) is 31.9 Å². The minimum absolute atomic E-state index is 0.0854. The highest BCUT2D eigenvalue weighted by atomic mass is 16.5. The van der Waals surface area contributed by atoms with E-state index in [1.807, 2.05) is 0 Å². The van der Waals surface area contributed by atoms with Gasteiger partial charge in [0.1, 0.15) is 0 Å². The molecule has 0 atom stereocenters. The van der Waals surface area contributed by atoms with E-state index < -0.39 is 0 Å². The van der Waals surface area contributed by atoms with Gasteiger partial charge in [-0.15, -0.1) is 0 Å². The molecule has 0 spiro atoms. The fourth-order valence-corrected chi connectivity index (χ4v) is 2.17. The molecule has 0 bridgehead atoms. The van der Waals surface area contributed by atoms with Crippen molar-refractivity contribution >= 4 is 5.69 Å². The van der Waals surface area contributed by atoms with E-state index in [2.05, 4.69) is 21.9 Å². The molecular formula is C13H23N5O2. The minimum atomic E-state index is -0.0854. The van der Waals surface area contributed by atoms with E-state index in [4.69, 9.17) is 10.5 Å². The van der Waals surface area contributed by atoms with Crippen LogP contribution < -0.4 is 16.2 Å². The maximum Gasteiger partial charge on any atom is 0.268 e. The van der Waals surface area contributed by atoms with Gasteiger partial charge in [0.25, 0.3) is 5.56 Å². The highest BCUT2D eigenvalue weighted by Gasteiger charge is 2.15. The van der Waals surface area contributed by atoms with Gasteiger partial charge in [-0.05, 0) is 7.05 Å². The van der Waals surface area contributed by atoms with E-state index in [1.165, 1.54) is 4.68 Å². The Morgan fingerprint density at radius 2 is 2.05 bits per heavy atom. The van der Waals surface area contributed by atoms with E-state index in [1.54, 1.807) is 12.3 Å². The van der Waals surface area contributed by atoms with Crippen molar-refractivity contribution in [3.8, 4) is 0 Å². The van der Waals surface area contributed by atoms with E-state index in [-0.39, 0.29) is 5.56 Å². The Morgan fingerprint density at radius 3 is 2.70 bits per heavy atom. The molecule has 2 heterocycles. The number of piperazine rings is 1. The summed E-state index contributed by atoms with van der Waals surface area (Å²) in [6.45, 7) is 5.80. The number of hydrogen-bond donors (Lipinski definition) is 1. The number of nitrogens with two attached hydrogens (primary N) is 1. The summed E-state index contributed by atoms with van der Waals surface area (Å²) in [7, 11) is 2.11. The number of anilines is 1. The lowest BCUT2D eigenvalue weighted by molar-refractivity contribution is 0.129. The van der Waals surface area contributed by atoms with Crippen LogP contribution in [0.3, 0.4) is 0 Å². The van der Waals surface area contributed by atoms with Crippen LogP contribution in [-0.4, -0.2) is 67.7 Å². The Bertz CT molecular complexity index is 468. The van der Waals surface area contributed by atoms with Gasteiger partial charge in [-0.2, -0.15) is 5.10 Å². The van der Waals surface area contributed by atoms with Gasteiger partial charge in [0, 0.05) is 38.8 Å². The van der Waals surface area contributed by atoms with Gasteiger partial charge in [-0.1, -0.05) is 0 Å². The second-order valence-electron chi connectivity index (χ2n) is 4.97. The van der Waals surface area contributed by atoms with E-state index in [0.29, 0.717) is 26.3 Å². The van der Waals surface area contributed by atoms with Gasteiger partial charge >= 0.3 is 0 Å². The first-order valence-corrected chi connectivity index (χ1v) is 6.99. The molecular weight excluding hydrogens is 258 g/mol. The summed E-state index contributed by atoms with van der Waals surface area (Å²) < 4.78 is 6.69. The fourth-order valence-electron chi connectivity index (χ4n) is 2.17. The van der Waals surface area contributed by atoms with Crippen molar-refractivity contribution in [2.75, 3.05) is 57.9 Å². The molecule has 1 aliphatic heterocycles. The number of nitrogens with zero attached hydrogens (tertiary/aromatic N) is 4. The third-order valence-corrected chi connectivity index (χ3v) is 3.43. The van der Waals surface area contributed by atoms with Crippen LogP contribution in [0.2, 0.25) is 0 Å². The molecule has 0 saturated carbocycles. The third-order valence-electron chi connectivity index (χ3n) is 3.43. The Balaban J connectivity index is 1.93. The highest BCUT2D eigenvalue weighted by Crippen LogP contribution is 2.11. The molecule has 1 aliphatic rings. The van der Waals surface area contributed by atoms with Gasteiger partial charge in [0.15, 0.2) is 0 Å². The van der Waals surface area contributed by atoms with Crippen molar-refractivity contribution < 1.29 is 4.74 Å². The summed E-state index contributed by atoms with van der Waals surface area (Å²) in [5.74, 6) is 0. The highest BCUT2D eigenvalue weighted by molar-refractivity contribution is 5.43. The number of rotatable bonds is 6. The Morgan fingerprint density at radius 1 is 1.30 bits per heavy atom. The Labute approximate surface area is 118 Å². The molecule has 0 radical (unpaired) electrons. The van der Waals surface area contributed by atoms with Crippen LogP contribution in [0.1, 0.15) is 0 Å². The average molecular weight is 281 g/mol. The summed E-state index contributed by atoms with van der Waals surface area (Å²) in [4.78, 5) is 16.5. The Kier molecular flexibility index (Phi) is 5.51. The van der Waals surface area contributed by atoms with Crippen molar-refractivity contribution in [2.24, 2.45) is 5.73 Å². The maximum atomic E-state index is 12.0. The van der Waals surface area contributed by atoms with Crippen LogP contribution in [0.25, 0.3) is 0 Å². The van der Waals surface area contributed by atoms with Gasteiger partial charge in [-0.3, -0.25) is 4.79 Å². The topological polar surface area (TPSA) is 76.6 Å². The van der Waals surface area contributed by atoms with Gasteiger partial charge in [0.05, 0.1) is 31.6 Å². The molecule has 1 aromatic rings. The van der Waals surface area contributed by atoms with Crippen LogP contribution in [0.5, 0.6) is 0 Å². The largest absolute Gasteiger partial charge is 0.378 e. The van der Waals surface area contributed by atoms with Crippen molar-refractivity contribution in [2.45, 2.75) is 6.54 Å². The van der Waals surface area contributed by atoms with Crippen molar-refractivity contribution in [3.63, 3.8) is 0 Å².